The van der Waals surface area contributed by atoms with E-state index in [1.165, 1.54) is 6.07 Å². The van der Waals surface area contributed by atoms with E-state index in [-0.39, 0.29) is 16.9 Å². The minimum absolute atomic E-state index is 0.0948. The molecule has 7 heteroatoms. The number of ether oxygens (including phenoxy) is 2. The maximum absolute atomic E-state index is 12.2. The lowest BCUT2D eigenvalue weighted by molar-refractivity contribution is -0.0506. The predicted octanol–water partition coefficient (Wildman–Crippen LogP) is 3.53. The predicted molar refractivity (Wildman–Crippen MR) is 106 cm³/mol. The summed E-state index contributed by atoms with van der Waals surface area (Å²) in [6.07, 6.45) is 7.78. The molecule has 2 fully saturated rings. The first-order chi connectivity index (χ1) is 13.2. The van der Waals surface area contributed by atoms with Crippen LogP contribution < -0.4 is 10.2 Å². The maximum atomic E-state index is 12.2. The van der Waals surface area contributed by atoms with Crippen LogP contribution in [0.2, 0.25) is 0 Å². The molecule has 0 aromatic carbocycles. The Morgan fingerprint density at radius 2 is 1.93 bits per heavy atom. The molecule has 0 radical (unpaired) electrons. The zero-order chi connectivity index (χ0) is 20.1. The molecule has 1 saturated carbocycles. The average molecular weight is 387 g/mol. The fraction of sp³-hybridized carbons (Fsp3) is 0.619. The van der Waals surface area contributed by atoms with Crippen molar-refractivity contribution in [1.82, 2.24) is 14.5 Å². The molecule has 2 aromatic rings. The number of aromatic amines is 1. The molecule has 1 amide bonds. The molecule has 4 rings (SSSR count). The Balaban J connectivity index is 1.44. The number of H-pyrrole nitrogens is 1. The molecular formula is C21H29N3O4. The van der Waals surface area contributed by atoms with Crippen molar-refractivity contribution in [2.45, 2.75) is 58.0 Å². The molecule has 1 N–H and O–H groups in total. The Hall–Kier alpha value is -2.44. The second kappa shape index (κ2) is 6.57. The highest BCUT2D eigenvalue weighted by Gasteiger charge is 2.48. The first kappa shape index (κ1) is 18.9. The molecule has 0 bridgehead atoms. The number of hydrogen-bond donors (Lipinski definition) is 1. The number of carbonyl (C=O) groups is 1. The number of likely N-dealkylation sites (tertiary alicyclic amines) is 1. The van der Waals surface area contributed by atoms with Crippen LogP contribution in [-0.4, -0.2) is 46.4 Å². The van der Waals surface area contributed by atoms with E-state index in [1.54, 1.807) is 13.3 Å². The topological polar surface area (TPSA) is 76.0 Å². The summed E-state index contributed by atoms with van der Waals surface area (Å²) in [5.41, 5.74) is 1.67. The van der Waals surface area contributed by atoms with Crippen molar-refractivity contribution in [3.05, 3.63) is 34.2 Å². The Kier molecular flexibility index (Phi) is 4.43. The number of fused-ring (bicyclic) bond motifs is 1. The Morgan fingerprint density at radius 1 is 1.25 bits per heavy atom. The van der Waals surface area contributed by atoms with E-state index < -0.39 is 5.60 Å². The van der Waals surface area contributed by atoms with Gasteiger partial charge in [-0.2, -0.15) is 0 Å². The van der Waals surface area contributed by atoms with Gasteiger partial charge >= 0.3 is 6.09 Å². The molecule has 1 spiro atoms. The number of methoxy groups -OCH3 is 1. The third kappa shape index (κ3) is 3.27. The van der Waals surface area contributed by atoms with Gasteiger partial charge in [0, 0.05) is 42.5 Å². The summed E-state index contributed by atoms with van der Waals surface area (Å²) in [7, 11) is 1.54. The monoisotopic (exact) mass is 387 g/mol. The molecule has 2 aliphatic rings. The summed E-state index contributed by atoms with van der Waals surface area (Å²) in [6, 6.07) is 1.52. The highest BCUT2D eigenvalue weighted by Crippen LogP contribution is 2.49. The molecule has 3 heterocycles. The van der Waals surface area contributed by atoms with E-state index in [1.807, 2.05) is 36.4 Å². The summed E-state index contributed by atoms with van der Waals surface area (Å²) >= 11 is 0. The molecule has 1 aliphatic carbocycles. The maximum Gasteiger partial charge on any atom is 0.410 e. The van der Waals surface area contributed by atoms with Crippen molar-refractivity contribution in [1.29, 1.82) is 0 Å². The van der Waals surface area contributed by atoms with E-state index in [0.29, 0.717) is 11.7 Å². The normalized spacial score (nSPS) is 19.6. The Labute approximate surface area is 164 Å². The van der Waals surface area contributed by atoms with Crippen molar-refractivity contribution >= 4 is 11.6 Å². The lowest BCUT2D eigenvalue weighted by Crippen LogP contribution is -2.60. The fourth-order valence-electron chi connectivity index (χ4n) is 4.69. The lowest BCUT2D eigenvalue weighted by Gasteiger charge is -2.53. The number of amides is 1. The molecule has 7 nitrogen and oxygen atoms in total. The number of pyridine rings is 1. The van der Waals surface area contributed by atoms with Gasteiger partial charge in [0.2, 0.25) is 5.43 Å². The van der Waals surface area contributed by atoms with Gasteiger partial charge in [0.05, 0.1) is 7.11 Å². The van der Waals surface area contributed by atoms with E-state index >= 15 is 0 Å². The lowest BCUT2D eigenvalue weighted by atomic mass is 9.65. The van der Waals surface area contributed by atoms with E-state index in [0.717, 1.165) is 49.9 Å². The van der Waals surface area contributed by atoms with Crippen LogP contribution in [0.4, 0.5) is 4.79 Å². The largest absolute Gasteiger partial charge is 0.491 e. The first-order valence-electron chi connectivity index (χ1n) is 9.96. The van der Waals surface area contributed by atoms with Crippen LogP contribution >= 0.6 is 0 Å². The van der Waals surface area contributed by atoms with Gasteiger partial charge in [-0.3, -0.25) is 9.31 Å². The summed E-state index contributed by atoms with van der Waals surface area (Å²) < 4.78 is 12.7. The third-order valence-electron chi connectivity index (χ3n) is 6.08. The SMILES string of the molecule is COc1c(=O)ccn2[nH]cc(C3CCC4(CC3)CN(C(=O)OC(C)(C)C)C4)c12. The van der Waals surface area contributed by atoms with Gasteiger partial charge in [0.1, 0.15) is 11.1 Å². The minimum atomic E-state index is -0.454. The minimum Gasteiger partial charge on any atom is -0.491 e. The standard InChI is InChI=1S/C21H29N3O4/c1-20(2,3)28-19(26)23-12-21(13-23)8-5-14(6-9-21)15-11-22-24-10-7-16(25)18(27-4)17(15)24/h7,10-11,14,22H,5-6,8-9,12-13H2,1-4H3. The molecule has 0 unspecified atom stereocenters. The molecule has 1 aliphatic heterocycles. The van der Waals surface area contributed by atoms with Crippen LogP contribution in [0, 0.1) is 5.41 Å². The van der Waals surface area contributed by atoms with Crippen molar-refractivity contribution in [2.75, 3.05) is 20.2 Å². The van der Waals surface area contributed by atoms with Crippen molar-refractivity contribution < 1.29 is 14.3 Å². The van der Waals surface area contributed by atoms with Crippen LogP contribution in [-0.2, 0) is 4.74 Å². The van der Waals surface area contributed by atoms with Gasteiger partial charge < -0.3 is 19.5 Å². The van der Waals surface area contributed by atoms with Crippen molar-refractivity contribution in [2.24, 2.45) is 5.41 Å². The number of carbonyl (C=O) groups excluding carboxylic acids is 1. The van der Waals surface area contributed by atoms with E-state index in [2.05, 4.69) is 5.10 Å². The van der Waals surface area contributed by atoms with E-state index in [4.69, 9.17) is 9.47 Å². The molecule has 152 valence electrons. The van der Waals surface area contributed by atoms with Gasteiger partial charge in [-0.15, -0.1) is 0 Å². The number of nitrogens with one attached hydrogen (secondary N) is 1. The van der Waals surface area contributed by atoms with Crippen LogP contribution in [0.25, 0.3) is 5.52 Å². The number of hydrogen-bond acceptors (Lipinski definition) is 4. The number of aromatic nitrogens is 2. The molecule has 1 saturated heterocycles. The van der Waals surface area contributed by atoms with Crippen LogP contribution in [0.3, 0.4) is 0 Å². The zero-order valence-corrected chi connectivity index (χ0v) is 17.1. The van der Waals surface area contributed by atoms with Crippen LogP contribution in [0.15, 0.2) is 23.3 Å². The number of nitrogens with zero attached hydrogens (tertiary/aromatic N) is 2. The van der Waals surface area contributed by atoms with Gasteiger partial charge in [-0.25, -0.2) is 4.79 Å². The van der Waals surface area contributed by atoms with Gasteiger partial charge in [0.25, 0.3) is 0 Å². The highest BCUT2D eigenvalue weighted by atomic mass is 16.6. The quantitative estimate of drug-likeness (QED) is 0.855. The molecular weight excluding hydrogens is 358 g/mol. The second-order valence-corrected chi connectivity index (χ2v) is 9.27. The molecule has 2 aromatic heterocycles. The summed E-state index contributed by atoms with van der Waals surface area (Å²) in [5, 5.41) is 3.21. The zero-order valence-electron chi connectivity index (χ0n) is 17.1. The van der Waals surface area contributed by atoms with Gasteiger partial charge in [-0.05, 0) is 52.4 Å². The summed E-state index contributed by atoms with van der Waals surface area (Å²) in [6.45, 7) is 7.25. The van der Waals surface area contributed by atoms with Crippen LogP contribution in [0.1, 0.15) is 57.9 Å². The van der Waals surface area contributed by atoms with E-state index in [9.17, 15) is 9.59 Å². The fourth-order valence-corrected chi connectivity index (χ4v) is 4.69. The smallest absolute Gasteiger partial charge is 0.410 e. The van der Waals surface area contributed by atoms with Crippen LogP contribution in [0.5, 0.6) is 5.75 Å². The van der Waals surface area contributed by atoms with Gasteiger partial charge in [0.15, 0.2) is 5.75 Å². The molecule has 28 heavy (non-hydrogen) atoms. The number of rotatable bonds is 2. The van der Waals surface area contributed by atoms with Crippen molar-refractivity contribution in [3.63, 3.8) is 0 Å². The second-order valence-electron chi connectivity index (χ2n) is 9.27. The summed E-state index contributed by atoms with van der Waals surface area (Å²) in [5.74, 6) is 0.789. The Morgan fingerprint density at radius 3 is 2.54 bits per heavy atom. The van der Waals surface area contributed by atoms with Gasteiger partial charge in [-0.1, -0.05) is 0 Å². The van der Waals surface area contributed by atoms with Crippen molar-refractivity contribution in [3.8, 4) is 5.75 Å². The highest BCUT2D eigenvalue weighted by molar-refractivity contribution is 5.69. The third-order valence-corrected chi connectivity index (χ3v) is 6.08. The Bertz CT molecular complexity index is 937. The summed E-state index contributed by atoms with van der Waals surface area (Å²) in [4.78, 5) is 26.2. The molecule has 0 atom stereocenters. The average Bonchev–Trinajstić information content (AvgIpc) is 3.02. The first-order valence-corrected chi connectivity index (χ1v) is 9.96.